The van der Waals surface area contributed by atoms with Gasteiger partial charge in [0.05, 0.1) is 17.3 Å². The molecule has 7 nitrogen and oxygen atoms in total. The van der Waals surface area contributed by atoms with E-state index in [4.69, 9.17) is 13.7 Å². The maximum absolute atomic E-state index is 13.1. The first kappa shape index (κ1) is 21.0. The summed E-state index contributed by atoms with van der Waals surface area (Å²) in [6.45, 7) is 2.00. The summed E-state index contributed by atoms with van der Waals surface area (Å²) in [4.78, 5) is 16.3. The van der Waals surface area contributed by atoms with Gasteiger partial charge in [0.2, 0.25) is 5.90 Å². The normalized spacial score (nSPS) is 15.2. The fourth-order valence-electron chi connectivity index (χ4n) is 2.45. The van der Waals surface area contributed by atoms with Crippen molar-refractivity contribution in [3.8, 4) is 11.5 Å². The molecule has 29 heavy (non-hydrogen) atoms. The minimum atomic E-state index is -3.77. The largest absolute Gasteiger partial charge is 0.490 e. The average molecular weight is 484 g/mol. The highest BCUT2D eigenvalue weighted by atomic mass is 79.9. The molecule has 0 aromatic heterocycles. The van der Waals surface area contributed by atoms with Gasteiger partial charge >= 0.3 is 16.1 Å². The molecule has 10 heteroatoms. The van der Waals surface area contributed by atoms with Crippen LogP contribution in [0.5, 0.6) is 11.5 Å². The van der Waals surface area contributed by atoms with Gasteiger partial charge in [-0.1, -0.05) is 0 Å². The summed E-state index contributed by atoms with van der Waals surface area (Å²) in [7, 11) is -3.77. The Morgan fingerprint density at radius 1 is 1.24 bits per heavy atom. The number of cyclic esters (lactones) is 1. The quantitative estimate of drug-likeness (QED) is 0.353. The van der Waals surface area contributed by atoms with Crippen molar-refractivity contribution in [2.45, 2.75) is 6.92 Å². The lowest BCUT2D eigenvalue weighted by Gasteiger charge is -2.13. The Labute approximate surface area is 175 Å². The van der Waals surface area contributed by atoms with E-state index >= 15 is 0 Å². The molecule has 0 N–H and O–H groups in total. The highest BCUT2D eigenvalue weighted by molar-refractivity contribution is 9.10. The number of rotatable bonds is 6. The molecule has 1 aliphatic rings. The van der Waals surface area contributed by atoms with Gasteiger partial charge in [-0.25, -0.2) is 14.2 Å². The van der Waals surface area contributed by atoms with Crippen molar-refractivity contribution >= 4 is 44.0 Å². The lowest BCUT2D eigenvalue weighted by molar-refractivity contribution is -0.129. The fourth-order valence-corrected chi connectivity index (χ4v) is 3.57. The molecule has 1 heterocycles. The molecule has 0 bridgehead atoms. The molecule has 2 aromatic carbocycles. The molecule has 0 saturated carbocycles. The maximum atomic E-state index is 13.1. The van der Waals surface area contributed by atoms with Gasteiger partial charge in [-0.2, -0.15) is 8.42 Å². The monoisotopic (exact) mass is 483 g/mol. The van der Waals surface area contributed by atoms with Gasteiger partial charge in [0.1, 0.15) is 5.82 Å². The van der Waals surface area contributed by atoms with Crippen LogP contribution in [0.1, 0.15) is 18.1 Å². The Bertz CT molecular complexity index is 1130. The van der Waals surface area contributed by atoms with Gasteiger partial charge in [0, 0.05) is 5.56 Å². The minimum Gasteiger partial charge on any atom is -0.490 e. The first-order chi connectivity index (χ1) is 13.7. The molecular weight excluding hydrogens is 469 g/mol. The smallest absolute Gasteiger partial charge is 0.363 e. The number of halogens is 2. The molecule has 0 saturated heterocycles. The van der Waals surface area contributed by atoms with Gasteiger partial charge in [-0.3, -0.25) is 0 Å². The van der Waals surface area contributed by atoms with E-state index in [1.165, 1.54) is 36.4 Å². The van der Waals surface area contributed by atoms with Crippen LogP contribution in [0.15, 0.2) is 51.6 Å². The van der Waals surface area contributed by atoms with Crippen molar-refractivity contribution < 1.29 is 31.3 Å². The number of aliphatic imine (C=N–C) groups is 1. The van der Waals surface area contributed by atoms with Crippen LogP contribution in [0.25, 0.3) is 6.08 Å². The van der Waals surface area contributed by atoms with E-state index in [0.717, 1.165) is 6.26 Å². The Balaban J connectivity index is 1.98. The maximum Gasteiger partial charge on any atom is 0.363 e. The van der Waals surface area contributed by atoms with Gasteiger partial charge in [-0.05, 0) is 70.9 Å². The summed E-state index contributed by atoms with van der Waals surface area (Å²) < 4.78 is 52.0. The van der Waals surface area contributed by atoms with E-state index in [2.05, 4.69) is 20.9 Å². The third kappa shape index (κ3) is 5.21. The van der Waals surface area contributed by atoms with E-state index in [1.807, 2.05) is 0 Å². The van der Waals surface area contributed by atoms with Crippen LogP contribution >= 0.6 is 15.9 Å². The molecule has 1 aliphatic heterocycles. The van der Waals surface area contributed by atoms with Crippen molar-refractivity contribution in [2.75, 3.05) is 12.9 Å². The second kappa shape index (κ2) is 8.34. The second-order valence-electron chi connectivity index (χ2n) is 5.89. The predicted molar refractivity (Wildman–Crippen MR) is 108 cm³/mol. The van der Waals surface area contributed by atoms with E-state index in [1.54, 1.807) is 13.0 Å². The van der Waals surface area contributed by atoms with Crippen LogP contribution in [0.2, 0.25) is 0 Å². The summed E-state index contributed by atoms with van der Waals surface area (Å²) in [6.07, 6.45) is 2.38. The molecular formula is C19H15BrFNO6S. The van der Waals surface area contributed by atoms with E-state index in [9.17, 15) is 17.6 Å². The number of carbonyl (C=O) groups excluding carboxylic acids is 1. The van der Waals surface area contributed by atoms with Crippen molar-refractivity contribution in [3.63, 3.8) is 0 Å². The minimum absolute atomic E-state index is 0.000927. The van der Waals surface area contributed by atoms with Crippen LogP contribution in [0, 0.1) is 5.82 Å². The third-order valence-corrected chi connectivity index (χ3v) is 4.64. The summed E-state index contributed by atoms with van der Waals surface area (Å²) >= 11 is 3.25. The SMILES string of the molecule is CCOc1cc(C=C2N=C(c3ccc(F)cc3)OC2=O)cc(Br)c1OS(C)(=O)=O. The molecule has 0 radical (unpaired) electrons. The van der Waals surface area contributed by atoms with E-state index in [-0.39, 0.29) is 29.7 Å². The molecule has 0 aliphatic carbocycles. The molecule has 0 amide bonds. The molecule has 0 fully saturated rings. The molecule has 2 aromatic rings. The van der Waals surface area contributed by atoms with Crippen LogP contribution in [-0.2, 0) is 19.6 Å². The number of hydrogen-bond donors (Lipinski definition) is 0. The lowest BCUT2D eigenvalue weighted by Crippen LogP contribution is -2.08. The van der Waals surface area contributed by atoms with Crippen molar-refractivity contribution in [1.82, 2.24) is 0 Å². The summed E-state index contributed by atoms with van der Waals surface area (Å²) in [5, 5.41) is 0. The summed E-state index contributed by atoms with van der Waals surface area (Å²) in [5.74, 6) is -0.856. The van der Waals surface area contributed by atoms with Gasteiger partial charge in [0.25, 0.3) is 0 Å². The lowest BCUT2D eigenvalue weighted by atomic mass is 10.1. The number of nitrogens with zero attached hydrogens (tertiary/aromatic N) is 1. The van der Waals surface area contributed by atoms with Crippen molar-refractivity contribution in [3.05, 3.63) is 63.5 Å². The van der Waals surface area contributed by atoms with Gasteiger partial charge in [-0.15, -0.1) is 0 Å². The molecule has 0 unspecified atom stereocenters. The molecule has 0 spiro atoms. The summed E-state index contributed by atoms with van der Waals surface area (Å²) in [5.41, 5.74) is 0.976. The number of carbonyl (C=O) groups is 1. The van der Waals surface area contributed by atoms with E-state index in [0.29, 0.717) is 15.6 Å². The van der Waals surface area contributed by atoms with Crippen LogP contribution < -0.4 is 8.92 Å². The average Bonchev–Trinajstić information content (AvgIpc) is 2.98. The Kier molecular flexibility index (Phi) is 6.04. The van der Waals surface area contributed by atoms with Crippen LogP contribution in [0.4, 0.5) is 4.39 Å². The number of esters is 1. The Morgan fingerprint density at radius 3 is 2.55 bits per heavy atom. The molecule has 3 rings (SSSR count). The first-order valence-electron chi connectivity index (χ1n) is 8.30. The molecule has 0 atom stereocenters. The van der Waals surface area contributed by atoms with Gasteiger partial charge in [0.15, 0.2) is 17.2 Å². The summed E-state index contributed by atoms with van der Waals surface area (Å²) in [6, 6.07) is 8.44. The second-order valence-corrected chi connectivity index (χ2v) is 8.32. The number of hydrogen-bond acceptors (Lipinski definition) is 7. The highest BCUT2D eigenvalue weighted by Crippen LogP contribution is 2.38. The first-order valence-corrected chi connectivity index (χ1v) is 10.9. The zero-order chi connectivity index (χ0) is 21.2. The predicted octanol–water partition coefficient (Wildman–Crippen LogP) is 3.67. The standard InChI is InChI=1S/C19H15BrFNO6S/c1-3-26-16-10-11(8-14(20)17(16)28-29(2,24)25)9-15-19(23)27-18(22-15)12-4-6-13(21)7-5-12/h4-10H,3H2,1-2H3. The topological polar surface area (TPSA) is 91.3 Å². The zero-order valence-corrected chi connectivity index (χ0v) is 17.7. The van der Waals surface area contributed by atoms with E-state index < -0.39 is 21.9 Å². The fraction of sp³-hybridized carbons (Fsp3) is 0.158. The van der Waals surface area contributed by atoms with Gasteiger partial charge < -0.3 is 13.7 Å². The zero-order valence-electron chi connectivity index (χ0n) is 15.3. The highest BCUT2D eigenvalue weighted by Gasteiger charge is 2.25. The number of benzene rings is 2. The van der Waals surface area contributed by atoms with Crippen LogP contribution in [0.3, 0.4) is 0 Å². The van der Waals surface area contributed by atoms with Crippen molar-refractivity contribution in [2.24, 2.45) is 4.99 Å². The van der Waals surface area contributed by atoms with Crippen molar-refractivity contribution in [1.29, 1.82) is 0 Å². The Hall–Kier alpha value is -2.72. The number of ether oxygens (including phenoxy) is 2. The third-order valence-electron chi connectivity index (χ3n) is 3.58. The molecule has 152 valence electrons. The Morgan fingerprint density at radius 2 is 1.93 bits per heavy atom. The van der Waals surface area contributed by atoms with Crippen LogP contribution in [-0.4, -0.2) is 33.1 Å².